The van der Waals surface area contributed by atoms with Crippen LogP contribution < -0.4 is 0 Å². The van der Waals surface area contributed by atoms with Crippen LogP contribution in [0.25, 0.3) is 0 Å². The predicted molar refractivity (Wildman–Crippen MR) is 96.1 cm³/mol. The molecule has 2 heterocycles. The number of fused-ring (bicyclic) bond motifs is 1. The Morgan fingerprint density at radius 3 is 2.44 bits per heavy atom. The number of halogens is 3. The summed E-state index contributed by atoms with van der Waals surface area (Å²) in [7, 11) is 0. The zero-order valence-corrected chi connectivity index (χ0v) is 16.1. The van der Waals surface area contributed by atoms with E-state index >= 15 is 0 Å². The molecule has 0 amide bonds. The van der Waals surface area contributed by atoms with Crippen molar-refractivity contribution in [1.82, 2.24) is 0 Å². The molecule has 3 rings (SSSR count). The van der Waals surface area contributed by atoms with Gasteiger partial charge in [0.1, 0.15) is 6.10 Å². The topological polar surface area (TPSA) is 60.8 Å². The smallest absolute Gasteiger partial charge is 0.265 e. The molecule has 0 aromatic heterocycles. The fraction of sp³-hybridized carbons (Fsp3) is 0.588. The number of rotatable bonds is 2. The van der Waals surface area contributed by atoms with Crippen LogP contribution in [0.1, 0.15) is 25.7 Å². The minimum Gasteiger partial charge on any atom is -0.448 e. The summed E-state index contributed by atoms with van der Waals surface area (Å²) in [5.74, 6) is -0.398. The Morgan fingerprint density at radius 2 is 1.80 bits per heavy atom. The quantitative estimate of drug-likeness (QED) is 0.446. The first-order chi connectivity index (χ1) is 11.8. The number of hydrogen-bond donors (Lipinski definition) is 1. The van der Waals surface area contributed by atoms with Crippen molar-refractivity contribution in [3.63, 3.8) is 0 Å². The maximum atomic E-state index is 7.75. The van der Waals surface area contributed by atoms with E-state index in [9.17, 15) is 0 Å². The molecule has 0 radical (unpaired) electrons. The standard InChI is InChI=1S/C17H20Cl3NO4/c1-9-10(2)14(25-16(21)17(18,19)20)23-12-8-22-15(24-13(9)12)11-6-4-3-5-7-11/h3-7,9-10,12-15,21H,8H2,1-2H3/t9-,10?,12?,13+,14?,15?/m1/s1. The van der Waals surface area contributed by atoms with Gasteiger partial charge in [-0.15, -0.1) is 0 Å². The van der Waals surface area contributed by atoms with Crippen molar-refractivity contribution in [2.75, 3.05) is 6.61 Å². The molecule has 4 unspecified atom stereocenters. The van der Waals surface area contributed by atoms with Crippen LogP contribution in [0.3, 0.4) is 0 Å². The van der Waals surface area contributed by atoms with Gasteiger partial charge in [-0.25, -0.2) is 0 Å². The van der Waals surface area contributed by atoms with Crippen LogP contribution in [0.15, 0.2) is 30.3 Å². The molecule has 1 aromatic rings. The zero-order chi connectivity index (χ0) is 18.2. The third kappa shape index (κ3) is 4.24. The van der Waals surface area contributed by atoms with Gasteiger partial charge in [-0.3, -0.25) is 5.41 Å². The highest BCUT2D eigenvalue weighted by Gasteiger charge is 2.48. The minimum absolute atomic E-state index is 0.0523. The van der Waals surface area contributed by atoms with Gasteiger partial charge in [0.05, 0.1) is 12.7 Å². The van der Waals surface area contributed by atoms with Gasteiger partial charge in [0, 0.05) is 11.5 Å². The molecule has 138 valence electrons. The van der Waals surface area contributed by atoms with Crippen molar-refractivity contribution in [2.45, 2.75) is 42.4 Å². The van der Waals surface area contributed by atoms with E-state index in [1.807, 2.05) is 37.3 Å². The Kier molecular flexibility index (Phi) is 5.83. The van der Waals surface area contributed by atoms with E-state index in [0.717, 1.165) is 5.56 Å². The Hall–Kier alpha value is -0.560. The average molecular weight is 409 g/mol. The van der Waals surface area contributed by atoms with Gasteiger partial charge in [0.15, 0.2) is 6.29 Å². The number of benzene rings is 1. The fourth-order valence-electron chi connectivity index (χ4n) is 3.07. The highest BCUT2D eigenvalue weighted by molar-refractivity contribution is 6.76. The lowest BCUT2D eigenvalue weighted by atomic mass is 9.84. The van der Waals surface area contributed by atoms with E-state index in [1.165, 1.54) is 0 Å². The van der Waals surface area contributed by atoms with E-state index in [0.29, 0.717) is 6.61 Å². The third-order valence-electron chi connectivity index (χ3n) is 4.71. The van der Waals surface area contributed by atoms with Crippen molar-refractivity contribution in [3.8, 4) is 0 Å². The highest BCUT2D eigenvalue weighted by atomic mass is 35.6. The fourth-order valence-corrected chi connectivity index (χ4v) is 3.21. The van der Waals surface area contributed by atoms with Crippen molar-refractivity contribution < 1.29 is 18.9 Å². The predicted octanol–water partition coefficient (Wildman–Crippen LogP) is 4.46. The normalized spacial score (nSPS) is 35.7. The molecule has 0 bridgehead atoms. The first-order valence-corrected chi connectivity index (χ1v) is 9.20. The molecule has 8 heteroatoms. The lowest BCUT2D eigenvalue weighted by molar-refractivity contribution is -0.333. The first kappa shape index (κ1) is 19.2. The minimum atomic E-state index is -1.92. The second kappa shape index (κ2) is 7.59. The molecule has 2 aliphatic heterocycles. The molecule has 2 saturated heterocycles. The summed E-state index contributed by atoms with van der Waals surface area (Å²) in [6.45, 7) is 4.39. The molecule has 5 nitrogen and oxygen atoms in total. The maximum absolute atomic E-state index is 7.75. The van der Waals surface area contributed by atoms with Crippen molar-refractivity contribution >= 4 is 40.7 Å². The summed E-state index contributed by atoms with van der Waals surface area (Å²) in [6.07, 6.45) is -1.56. The second-order valence-corrected chi connectivity index (χ2v) is 8.66. The largest absolute Gasteiger partial charge is 0.448 e. The Morgan fingerprint density at radius 1 is 1.12 bits per heavy atom. The molecular formula is C17H20Cl3NO4. The Bertz CT molecular complexity index is 608. The molecule has 0 saturated carbocycles. The molecule has 1 N–H and O–H groups in total. The van der Waals surface area contributed by atoms with E-state index in [-0.39, 0.29) is 24.0 Å². The molecule has 0 aliphatic carbocycles. The first-order valence-electron chi connectivity index (χ1n) is 8.07. The van der Waals surface area contributed by atoms with Gasteiger partial charge in [0.2, 0.25) is 12.2 Å². The number of nitrogens with one attached hydrogen (secondary N) is 1. The molecular weight excluding hydrogens is 389 g/mol. The van der Waals surface area contributed by atoms with Crippen molar-refractivity contribution in [2.24, 2.45) is 11.8 Å². The SMILES string of the molecule is CC1C(OC(=N)C(Cl)(Cl)Cl)OC2COC(c3ccccc3)O[C@H]2[C@@H]1C. The lowest BCUT2D eigenvalue weighted by Crippen LogP contribution is -2.56. The van der Waals surface area contributed by atoms with Gasteiger partial charge in [0.25, 0.3) is 3.79 Å². The van der Waals surface area contributed by atoms with E-state index < -0.39 is 22.3 Å². The number of alkyl halides is 3. The highest BCUT2D eigenvalue weighted by Crippen LogP contribution is 2.40. The zero-order valence-electron chi connectivity index (χ0n) is 13.8. The molecule has 2 aliphatic rings. The summed E-state index contributed by atoms with van der Waals surface area (Å²) in [5.41, 5.74) is 0.970. The molecule has 1 aromatic carbocycles. The summed E-state index contributed by atoms with van der Waals surface area (Å²) in [6, 6.07) is 9.78. The van der Waals surface area contributed by atoms with Gasteiger partial charge in [-0.2, -0.15) is 0 Å². The van der Waals surface area contributed by atoms with Crippen LogP contribution in [0.2, 0.25) is 0 Å². The second-order valence-electron chi connectivity index (χ2n) is 6.38. The Balaban J connectivity index is 1.68. The van der Waals surface area contributed by atoms with Crippen LogP contribution in [-0.2, 0) is 18.9 Å². The summed E-state index contributed by atoms with van der Waals surface area (Å²) >= 11 is 17.1. The van der Waals surface area contributed by atoms with Crippen LogP contribution >= 0.6 is 34.8 Å². The van der Waals surface area contributed by atoms with Gasteiger partial charge >= 0.3 is 0 Å². The van der Waals surface area contributed by atoms with Crippen LogP contribution in [0.5, 0.6) is 0 Å². The lowest BCUT2D eigenvalue weighted by Gasteiger charge is -2.47. The monoisotopic (exact) mass is 407 g/mol. The molecule has 2 fully saturated rings. The molecule has 0 spiro atoms. The van der Waals surface area contributed by atoms with Gasteiger partial charge < -0.3 is 18.9 Å². The van der Waals surface area contributed by atoms with Crippen LogP contribution in [-0.4, -0.2) is 34.8 Å². The average Bonchev–Trinajstić information content (AvgIpc) is 2.59. The number of ether oxygens (including phenoxy) is 4. The van der Waals surface area contributed by atoms with Gasteiger partial charge in [-0.05, 0) is 5.92 Å². The summed E-state index contributed by atoms with van der Waals surface area (Å²) in [5, 5.41) is 7.75. The van der Waals surface area contributed by atoms with Crippen LogP contribution in [0.4, 0.5) is 0 Å². The van der Waals surface area contributed by atoms with Gasteiger partial charge in [-0.1, -0.05) is 79.0 Å². The Labute approximate surface area is 161 Å². The maximum Gasteiger partial charge on any atom is 0.265 e. The molecule has 6 atom stereocenters. The summed E-state index contributed by atoms with van der Waals surface area (Å²) < 4.78 is 21.4. The van der Waals surface area contributed by atoms with E-state index in [2.05, 4.69) is 6.92 Å². The van der Waals surface area contributed by atoms with E-state index in [1.54, 1.807) is 0 Å². The van der Waals surface area contributed by atoms with Crippen molar-refractivity contribution in [1.29, 1.82) is 5.41 Å². The number of hydrogen-bond acceptors (Lipinski definition) is 5. The van der Waals surface area contributed by atoms with Crippen LogP contribution in [0, 0.1) is 17.2 Å². The van der Waals surface area contributed by atoms with Crippen molar-refractivity contribution in [3.05, 3.63) is 35.9 Å². The van der Waals surface area contributed by atoms with E-state index in [4.69, 9.17) is 59.2 Å². The summed E-state index contributed by atoms with van der Waals surface area (Å²) in [4.78, 5) is 0. The third-order valence-corrected chi connectivity index (χ3v) is 5.22. The molecule has 25 heavy (non-hydrogen) atoms.